The van der Waals surface area contributed by atoms with Crippen molar-refractivity contribution < 1.29 is 19.1 Å². The Morgan fingerprint density at radius 1 is 1.12 bits per heavy atom. The summed E-state index contributed by atoms with van der Waals surface area (Å²) in [4.78, 5) is 23.3. The van der Waals surface area contributed by atoms with Crippen molar-refractivity contribution in [2.75, 3.05) is 5.32 Å². The highest BCUT2D eigenvalue weighted by molar-refractivity contribution is 5.96. The van der Waals surface area contributed by atoms with Crippen molar-refractivity contribution in [2.45, 2.75) is 26.2 Å². The molecule has 0 saturated carbocycles. The number of carbonyl (C=O) groups is 2. The van der Waals surface area contributed by atoms with Gasteiger partial charge in [-0.05, 0) is 29.2 Å². The van der Waals surface area contributed by atoms with Crippen LogP contribution in [-0.2, 0) is 16.0 Å². The number of benzene rings is 2. The zero-order valence-electron chi connectivity index (χ0n) is 13.6. The van der Waals surface area contributed by atoms with Crippen LogP contribution in [0.2, 0.25) is 0 Å². The molecule has 4 nitrogen and oxygen atoms in total. The summed E-state index contributed by atoms with van der Waals surface area (Å²) >= 11 is 0. The van der Waals surface area contributed by atoms with Crippen LogP contribution in [-0.4, -0.2) is 17.0 Å². The van der Waals surface area contributed by atoms with E-state index < -0.39 is 18.2 Å². The Balaban J connectivity index is 2.18. The number of hydrogen-bond acceptors (Lipinski definition) is 2. The normalized spacial score (nSPS) is 12.0. The molecule has 0 aliphatic carbocycles. The Kier molecular flexibility index (Phi) is 5.68. The predicted molar refractivity (Wildman–Crippen MR) is 90.4 cm³/mol. The number of hydrogen-bond donors (Lipinski definition) is 2. The van der Waals surface area contributed by atoms with Crippen molar-refractivity contribution in [3.05, 3.63) is 65.5 Å². The van der Waals surface area contributed by atoms with E-state index >= 15 is 0 Å². The smallest absolute Gasteiger partial charge is 0.307 e. The highest BCUT2D eigenvalue weighted by Gasteiger charge is 2.24. The molecule has 126 valence electrons. The molecule has 2 aromatic carbocycles. The van der Waals surface area contributed by atoms with Gasteiger partial charge in [-0.15, -0.1) is 0 Å². The van der Waals surface area contributed by atoms with Crippen LogP contribution in [0.1, 0.15) is 30.9 Å². The lowest BCUT2D eigenvalue weighted by Crippen LogP contribution is -2.25. The Morgan fingerprint density at radius 3 is 2.33 bits per heavy atom. The number of carboxylic acid groups (broad SMARTS) is 1. The molecule has 24 heavy (non-hydrogen) atoms. The van der Waals surface area contributed by atoms with Gasteiger partial charge in [0.05, 0.1) is 12.3 Å². The van der Waals surface area contributed by atoms with Crippen molar-refractivity contribution in [1.82, 2.24) is 0 Å². The van der Waals surface area contributed by atoms with Gasteiger partial charge in [-0.3, -0.25) is 9.59 Å². The maximum absolute atomic E-state index is 13.9. The molecule has 1 amide bonds. The summed E-state index contributed by atoms with van der Waals surface area (Å²) in [5.74, 6) is -2.25. The molecule has 2 rings (SSSR count). The van der Waals surface area contributed by atoms with Crippen molar-refractivity contribution in [3.8, 4) is 0 Å². The number of aliphatic carboxylic acids is 1. The van der Waals surface area contributed by atoms with Crippen molar-refractivity contribution in [1.29, 1.82) is 0 Å². The lowest BCUT2D eigenvalue weighted by atomic mass is 9.87. The van der Waals surface area contributed by atoms with Crippen molar-refractivity contribution in [2.24, 2.45) is 5.92 Å². The fourth-order valence-electron chi connectivity index (χ4n) is 2.65. The van der Waals surface area contributed by atoms with Gasteiger partial charge in [0.2, 0.25) is 5.91 Å². The zero-order valence-corrected chi connectivity index (χ0v) is 13.6. The van der Waals surface area contributed by atoms with E-state index in [9.17, 15) is 14.0 Å². The van der Waals surface area contributed by atoms with E-state index in [1.807, 2.05) is 44.2 Å². The molecule has 0 bridgehead atoms. The van der Waals surface area contributed by atoms with Gasteiger partial charge >= 0.3 is 5.97 Å². The SMILES string of the molecule is CC(C)C(C(=O)Nc1ccc(CC(=O)O)c(F)c1)c1ccccc1. The second-order valence-electron chi connectivity index (χ2n) is 6.00. The van der Waals surface area contributed by atoms with Gasteiger partial charge in [0.1, 0.15) is 5.82 Å². The third kappa shape index (κ3) is 4.41. The molecular weight excluding hydrogens is 309 g/mol. The molecule has 5 heteroatoms. The molecule has 0 aliphatic rings. The second-order valence-corrected chi connectivity index (χ2v) is 6.00. The van der Waals surface area contributed by atoms with Gasteiger partial charge < -0.3 is 10.4 Å². The summed E-state index contributed by atoms with van der Waals surface area (Å²) in [6.45, 7) is 3.90. The molecule has 2 aromatic rings. The lowest BCUT2D eigenvalue weighted by molar-refractivity contribution is -0.136. The maximum Gasteiger partial charge on any atom is 0.307 e. The maximum atomic E-state index is 13.9. The van der Waals surface area contributed by atoms with Gasteiger partial charge in [0.25, 0.3) is 0 Å². The molecule has 0 radical (unpaired) electrons. The van der Waals surface area contributed by atoms with Crippen LogP contribution in [0, 0.1) is 11.7 Å². The van der Waals surface area contributed by atoms with Gasteiger partial charge in [-0.2, -0.15) is 0 Å². The first kappa shape index (κ1) is 17.7. The second kappa shape index (κ2) is 7.73. The molecule has 1 unspecified atom stereocenters. The third-order valence-electron chi connectivity index (χ3n) is 3.77. The molecule has 0 heterocycles. The largest absolute Gasteiger partial charge is 0.481 e. The topological polar surface area (TPSA) is 66.4 Å². The van der Waals surface area contributed by atoms with Gasteiger partial charge in [0, 0.05) is 5.69 Å². The molecule has 1 atom stereocenters. The molecule has 0 saturated heterocycles. The molecule has 0 fully saturated rings. The molecule has 0 spiro atoms. The highest BCUT2D eigenvalue weighted by Crippen LogP contribution is 2.26. The predicted octanol–water partition coefficient (Wildman–Crippen LogP) is 3.83. The fourth-order valence-corrected chi connectivity index (χ4v) is 2.65. The number of rotatable bonds is 6. The van der Waals surface area contributed by atoms with Crippen molar-refractivity contribution in [3.63, 3.8) is 0 Å². The molecular formula is C19H20FNO3. The minimum atomic E-state index is -1.10. The summed E-state index contributed by atoms with van der Waals surface area (Å²) in [6, 6.07) is 13.5. The van der Waals surface area contributed by atoms with Crippen LogP contribution in [0.15, 0.2) is 48.5 Å². The number of amides is 1. The van der Waals surface area contributed by atoms with Crippen LogP contribution in [0.4, 0.5) is 10.1 Å². The van der Waals surface area contributed by atoms with E-state index in [0.29, 0.717) is 5.69 Å². The number of halogens is 1. The number of nitrogens with one attached hydrogen (secondary N) is 1. The monoisotopic (exact) mass is 329 g/mol. The van der Waals surface area contributed by atoms with Gasteiger partial charge in [-0.25, -0.2) is 4.39 Å². The summed E-state index contributed by atoms with van der Waals surface area (Å²) in [5, 5.41) is 11.4. The quantitative estimate of drug-likeness (QED) is 0.846. The summed E-state index contributed by atoms with van der Waals surface area (Å²) in [7, 11) is 0. The van der Waals surface area contributed by atoms with Crippen LogP contribution in [0.25, 0.3) is 0 Å². The first-order valence-electron chi connectivity index (χ1n) is 7.74. The first-order valence-corrected chi connectivity index (χ1v) is 7.74. The van der Waals surface area contributed by atoms with E-state index in [1.165, 1.54) is 12.1 Å². The summed E-state index contributed by atoms with van der Waals surface area (Å²) in [5.41, 5.74) is 1.30. The molecule has 0 aromatic heterocycles. The average Bonchev–Trinajstić information content (AvgIpc) is 2.50. The van der Waals surface area contributed by atoms with Crippen LogP contribution >= 0.6 is 0 Å². The first-order chi connectivity index (χ1) is 11.4. The standard InChI is InChI=1S/C19H20FNO3/c1-12(2)18(13-6-4-3-5-7-13)19(24)21-15-9-8-14(10-17(22)23)16(20)11-15/h3-9,11-12,18H,10H2,1-2H3,(H,21,24)(H,22,23). The Bertz CT molecular complexity index is 729. The minimum absolute atomic E-state index is 0.0727. The Labute approximate surface area is 140 Å². The van der Waals surface area contributed by atoms with E-state index in [2.05, 4.69) is 5.32 Å². The Hall–Kier alpha value is -2.69. The number of carbonyl (C=O) groups excluding carboxylic acids is 1. The third-order valence-corrected chi connectivity index (χ3v) is 3.77. The summed E-state index contributed by atoms with van der Waals surface area (Å²) in [6.07, 6.45) is -0.390. The lowest BCUT2D eigenvalue weighted by Gasteiger charge is -2.21. The zero-order chi connectivity index (χ0) is 17.7. The van der Waals surface area contributed by atoms with E-state index in [1.54, 1.807) is 0 Å². The van der Waals surface area contributed by atoms with Gasteiger partial charge in [0.15, 0.2) is 0 Å². The van der Waals surface area contributed by atoms with Crippen LogP contribution in [0.3, 0.4) is 0 Å². The molecule has 2 N–H and O–H groups in total. The minimum Gasteiger partial charge on any atom is -0.481 e. The van der Waals surface area contributed by atoms with Crippen LogP contribution < -0.4 is 5.32 Å². The van der Waals surface area contributed by atoms with Crippen LogP contribution in [0.5, 0.6) is 0 Å². The summed E-state index contributed by atoms with van der Waals surface area (Å²) < 4.78 is 13.9. The number of anilines is 1. The van der Waals surface area contributed by atoms with Gasteiger partial charge in [-0.1, -0.05) is 50.2 Å². The Morgan fingerprint density at radius 2 is 1.79 bits per heavy atom. The van der Waals surface area contributed by atoms with E-state index in [4.69, 9.17) is 5.11 Å². The fraction of sp³-hybridized carbons (Fsp3) is 0.263. The van der Waals surface area contributed by atoms with E-state index in [0.717, 1.165) is 11.6 Å². The molecule has 0 aliphatic heterocycles. The number of carboxylic acids is 1. The van der Waals surface area contributed by atoms with E-state index in [-0.39, 0.29) is 23.3 Å². The van der Waals surface area contributed by atoms with Crippen molar-refractivity contribution >= 4 is 17.6 Å². The highest BCUT2D eigenvalue weighted by atomic mass is 19.1. The average molecular weight is 329 g/mol.